The van der Waals surface area contributed by atoms with E-state index in [1.165, 1.54) is 23.7 Å². The third-order valence-corrected chi connectivity index (χ3v) is 6.67. The van der Waals surface area contributed by atoms with Crippen molar-refractivity contribution in [2.45, 2.75) is 69.6 Å². The Hall–Kier alpha value is -0.800. The zero-order valence-corrected chi connectivity index (χ0v) is 13.9. The number of rotatable bonds is 1. The Morgan fingerprint density at radius 2 is 1.67 bits per heavy atom. The number of aryl methyl sites for hydroxylation is 3. The number of carbonyl (C=O) groups is 1. The monoisotopic (exact) mass is 304 g/mol. The van der Waals surface area contributed by atoms with Crippen LogP contribution in [0.5, 0.6) is 0 Å². The van der Waals surface area contributed by atoms with Gasteiger partial charge in [-0.3, -0.25) is 4.79 Å². The van der Waals surface area contributed by atoms with Crippen LogP contribution in [0, 0.1) is 20.8 Å². The van der Waals surface area contributed by atoms with Crippen molar-refractivity contribution in [1.29, 1.82) is 0 Å². The van der Waals surface area contributed by atoms with Crippen LogP contribution >= 0.6 is 11.8 Å². The molecule has 3 heteroatoms. The second-order valence-electron chi connectivity index (χ2n) is 6.78. The van der Waals surface area contributed by atoms with E-state index in [-0.39, 0.29) is 15.8 Å². The maximum atomic E-state index is 12.7. The maximum Gasteiger partial charge on any atom is 0.199 e. The van der Waals surface area contributed by atoms with Gasteiger partial charge in [0.25, 0.3) is 0 Å². The average Bonchev–Trinajstić information content (AvgIpc) is 2.63. The first-order valence-electron chi connectivity index (χ1n) is 7.93. The van der Waals surface area contributed by atoms with Crippen LogP contribution in [-0.2, 0) is 4.79 Å². The van der Waals surface area contributed by atoms with Crippen molar-refractivity contribution in [2.75, 3.05) is 0 Å². The smallest absolute Gasteiger partial charge is 0.199 e. The third-order valence-electron chi connectivity index (χ3n) is 5.16. The number of aliphatic hydroxyl groups excluding tert-OH is 1. The molecule has 0 amide bonds. The highest BCUT2D eigenvalue weighted by atomic mass is 32.2. The van der Waals surface area contributed by atoms with Gasteiger partial charge in [-0.2, -0.15) is 0 Å². The van der Waals surface area contributed by atoms with Gasteiger partial charge in [0, 0.05) is 0 Å². The molecule has 0 radical (unpaired) electrons. The Kier molecular flexibility index (Phi) is 3.91. The van der Waals surface area contributed by atoms with Gasteiger partial charge in [0.1, 0.15) is 0 Å². The van der Waals surface area contributed by atoms with Gasteiger partial charge in [0.2, 0.25) is 0 Å². The van der Waals surface area contributed by atoms with E-state index in [1.54, 1.807) is 0 Å². The molecule has 1 aromatic rings. The first-order valence-corrected chi connectivity index (χ1v) is 8.75. The highest BCUT2D eigenvalue weighted by molar-refractivity contribution is 8.15. The van der Waals surface area contributed by atoms with Gasteiger partial charge in [-0.05, 0) is 50.3 Å². The van der Waals surface area contributed by atoms with Crippen molar-refractivity contribution in [2.24, 2.45) is 0 Å². The lowest BCUT2D eigenvalue weighted by Crippen LogP contribution is -2.39. The highest BCUT2D eigenvalue weighted by Crippen LogP contribution is 2.55. The summed E-state index contributed by atoms with van der Waals surface area (Å²) in [5, 5.41) is 11.1. The largest absolute Gasteiger partial charge is 0.391 e. The van der Waals surface area contributed by atoms with Gasteiger partial charge in [0.15, 0.2) is 5.12 Å². The first-order chi connectivity index (χ1) is 9.94. The first kappa shape index (κ1) is 15.1. The molecule has 1 spiro atoms. The molecule has 1 N–H and O–H groups in total. The second kappa shape index (κ2) is 5.44. The standard InChI is InChI=1S/C18H24O2S/c1-11-9-12(2)14(13(3)10-11)15-16(19)18(21-17(15)20)7-5-4-6-8-18/h9-10,15-16,19H,4-8H2,1-3H3. The fraction of sp³-hybridized carbons (Fsp3) is 0.611. The van der Waals surface area contributed by atoms with Crippen LogP contribution < -0.4 is 0 Å². The molecule has 3 rings (SSSR count). The molecule has 21 heavy (non-hydrogen) atoms. The van der Waals surface area contributed by atoms with E-state index in [0.717, 1.165) is 42.4 Å². The van der Waals surface area contributed by atoms with E-state index in [1.807, 2.05) is 0 Å². The Balaban J connectivity index is 2.01. The molecule has 2 fully saturated rings. The lowest BCUT2D eigenvalue weighted by atomic mass is 9.76. The molecule has 1 aliphatic heterocycles. The van der Waals surface area contributed by atoms with Gasteiger partial charge in [0.05, 0.1) is 16.8 Å². The van der Waals surface area contributed by atoms with Gasteiger partial charge >= 0.3 is 0 Å². The van der Waals surface area contributed by atoms with E-state index in [2.05, 4.69) is 32.9 Å². The molecule has 114 valence electrons. The number of aliphatic hydroxyl groups is 1. The van der Waals surface area contributed by atoms with Crippen molar-refractivity contribution in [3.05, 3.63) is 34.4 Å². The minimum Gasteiger partial charge on any atom is -0.391 e. The van der Waals surface area contributed by atoms with Crippen LogP contribution in [0.4, 0.5) is 0 Å². The lowest BCUT2D eigenvalue weighted by Gasteiger charge is -2.36. The maximum absolute atomic E-state index is 12.7. The lowest BCUT2D eigenvalue weighted by molar-refractivity contribution is -0.113. The number of benzene rings is 1. The normalized spacial score (nSPS) is 28.3. The number of hydrogen-bond acceptors (Lipinski definition) is 3. The predicted molar refractivity (Wildman–Crippen MR) is 87.8 cm³/mol. The number of hydrogen-bond donors (Lipinski definition) is 1. The summed E-state index contributed by atoms with van der Waals surface area (Å²) >= 11 is 1.43. The van der Waals surface area contributed by atoms with Crippen molar-refractivity contribution in [3.63, 3.8) is 0 Å². The van der Waals surface area contributed by atoms with Crippen LogP contribution in [0.2, 0.25) is 0 Å². The average molecular weight is 304 g/mol. The summed E-state index contributed by atoms with van der Waals surface area (Å²) in [6.45, 7) is 6.20. The van der Waals surface area contributed by atoms with E-state index in [9.17, 15) is 9.90 Å². The molecule has 1 aliphatic carbocycles. The SMILES string of the molecule is Cc1cc(C)c(C2C(=O)SC3(CCCCC3)C2O)c(C)c1. The van der Waals surface area contributed by atoms with Gasteiger partial charge in [-0.25, -0.2) is 0 Å². The molecule has 2 atom stereocenters. The summed E-state index contributed by atoms with van der Waals surface area (Å²) in [5.41, 5.74) is 4.55. The van der Waals surface area contributed by atoms with E-state index >= 15 is 0 Å². The quantitative estimate of drug-likeness (QED) is 0.851. The summed E-state index contributed by atoms with van der Waals surface area (Å²) < 4.78 is -0.218. The third kappa shape index (κ3) is 2.44. The second-order valence-corrected chi connectivity index (χ2v) is 8.20. The van der Waals surface area contributed by atoms with E-state index < -0.39 is 6.10 Å². The van der Waals surface area contributed by atoms with Crippen LogP contribution in [0.15, 0.2) is 12.1 Å². The Bertz CT molecular complexity index is 550. The Morgan fingerprint density at radius 1 is 1.10 bits per heavy atom. The molecule has 1 aromatic carbocycles. The van der Waals surface area contributed by atoms with Gasteiger partial charge < -0.3 is 5.11 Å². The van der Waals surface area contributed by atoms with Crippen LogP contribution in [0.1, 0.15) is 60.3 Å². The molecule has 2 unspecified atom stereocenters. The zero-order chi connectivity index (χ0) is 15.2. The summed E-state index contributed by atoms with van der Waals surface area (Å²) in [5.74, 6) is -0.339. The van der Waals surface area contributed by atoms with Gasteiger partial charge in [-0.1, -0.05) is 48.7 Å². The Labute approximate surface area is 131 Å². The molecular weight excluding hydrogens is 280 g/mol. The number of thioether (sulfide) groups is 1. The predicted octanol–water partition coefficient (Wildman–Crippen LogP) is 4.03. The summed E-state index contributed by atoms with van der Waals surface area (Å²) in [7, 11) is 0. The molecule has 2 nitrogen and oxygen atoms in total. The minimum absolute atomic E-state index is 0.166. The van der Waals surface area contributed by atoms with Gasteiger partial charge in [-0.15, -0.1) is 0 Å². The summed E-state index contributed by atoms with van der Waals surface area (Å²) in [6, 6.07) is 4.25. The summed E-state index contributed by atoms with van der Waals surface area (Å²) in [4.78, 5) is 12.7. The highest BCUT2D eigenvalue weighted by Gasteiger charge is 2.54. The van der Waals surface area contributed by atoms with Crippen molar-refractivity contribution in [3.8, 4) is 0 Å². The fourth-order valence-corrected chi connectivity index (χ4v) is 5.79. The van der Waals surface area contributed by atoms with Crippen LogP contribution in [0.25, 0.3) is 0 Å². The molecular formula is C18H24O2S. The van der Waals surface area contributed by atoms with Crippen molar-refractivity contribution < 1.29 is 9.90 Å². The fourth-order valence-electron chi connectivity index (χ4n) is 4.26. The molecule has 1 saturated heterocycles. The molecule has 0 bridgehead atoms. The Morgan fingerprint density at radius 3 is 2.24 bits per heavy atom. The molecule has 0 aromatic heterocycles. The van der Waals surface area contributed by atoms with E-state index in [4.69, 9.17) is 0 Å². The van der Waals surface area contributed by atoms with Crippen molar-refractivity contribution >= 4 is 16.9 Å². The zero-order valence-electron chi connectivity index (χ0n) is 13.1. The molecule has 1 heterocycles. The van der Waals surface area contributed by atoms with E-state index in [0.29, 0.717) is 0 Å². The van der Waals surface area contributed by atoms with Crippen LogP contribution in [0.3, 0.4) is 0 Å². The van der Waals surface area contributed by atoms with Crippen LogP contribution in [-0.4, -0.2) is 21.1 Å². The molecule has 1 saturated carbocycles. The van der Waals surface area contributed by atoms with Crippen molar-refractivity contribution in [1.82, 2.24) is 0 Å². The number of carbonyl (C=O) groups excluding carboxylic acids is 1. The topological polar surface area (TPSA) is 37.3 Å². The summed E-state index contributed by atoms with van der Waals surface area (Å²) in [6.07, 6.45) is 4.92. The minimum atomic E-state index is -0.532. The molecule has 2 aliphatic rings.